The highest BCUT2D eigenvalue weighted by Crippen LogP contribution is 2.37. The zero-order chi connectivity index (χ0) is 18.1. The van der Waals surface area contributed by atoms with Gasteiger partial charge in [0.25, 0.3) is 0 Å². The Hall–Kier alpha value is -2.22. The topological polar surface area (TPSA) is 69.4 Å². The molecule has 9 heteroatoms. The molecular formula is C17H12Cl2N6S. The first-order valence-corrected chi connectivity index (χ1v) is 9.37. The first kappa shape index (κ1) is 17.2. The standard InChI is InChI=1S/C17H12Cl2N6S/c1-2-25-7-6-11(24-25)10-4-3-5-13(15(10)19)26-17-21-8-12-16(23-17)20-9-14(18)22-12/h3-9H,2H2,1H3. The van der Waals surface area contributed by atoms with Crippen molar-refractivity contribution in [2.45, 2.75) is 23.5 Å². The lowest BCUT2D eigenvalue weighted by Gasteiger charge is -2.07. The van der Waals surface area contributed by atoms with E-state index in [1.165, 1.54) is 18.0 Å². The van der Waals surface area contributed by atoms with Crippen LogP contribution in [0, 0.1) is 0 Å². The molecule has 0 saturated heterocycles. The van der Waals surface area contributed by atoms with Gasteiger partial charge in [0.15, 0.2) is 10.8 Å². The SMILES string of the molecule is CCn1ccc(-c2cccc(Sc3ncc4nc(Cl)cnc4n3)c2Cl)n1. The summed E-state index contributed by atoms with van der Waals surface area (Å²) in [5.74, 6) is 0. The van der Waals surface area contributed by atoms with E-state index in [2.05, 4.69) is 25.0 Å². The minimum absolute atomic E-state index is 0.309. The molecule has 0 amide bonds. The summed E-state index contributed by atoms with van der Waals surface area (Å²) >= 11 is 13.8. The molecule has 6 nitrogen and oxygen atoms in total. The second-order valence-electron chi connectivity index (χ2n) is 5.33. The molecule has 0 fully saturated rings. The number of nitrogens with zero attached hydrogens (tertiary/aromatic N) is 6. The minimum atomic E-state index is 0.309. The Morgan fingerprint density at radius 3 is 2.77 bits per heavy atom. The number of benzene rings is 1. The maximum atomic E-state index is 6.61. The number of hydrogen-bond donors (Lipinski definition) is 0. The summed E-state index contributed by atoms with van der Waals surface area (Å²) in [6.45, 7) is 2.85. The normalized spacial score (nSPS) is 11.2. The summed E-state index contributed by atoms with van der Waals surface area (Å²) in [5, 5.41) is 5.98. The van der Waals surface area contributed by atoms with Crippen LogP contribution in [-0.4, -0.2) is 29.7 Å². The fraction of sp³-hybridized carbons (Fsp3) is 0.118. The monoisotopic (exact) mass is 402 g/mol. The Labute approximate surface area is 163 Å². The molecule has 3 aromatic heterocycles. The van der Waals surface area contributed by atoms with Gasteiger partial charge in [0, 0.05) is 23.2 Å². The molecule has 130 valence electrons. The van der Waals surface area contributed by atoms with Crippen LogP contribution in [0.3, 0.4) is 0 Å². The van der Waals surface area contributed by atoms with E-state index in [4.69, 9.17) is 23.2 Å². The highest BCUT2D eigenvalue weighted by molar-refractivity contribution is 7.99. The van der Waals surface area contributed by atoms with Crippen LogP contribution in [0.2, 0.25) is 10.2 Å². The second kappa shape index (κ2) is 7.19. The average Bonchev–Trinajstić information content (AvgIpc) is 3.12. The van der Waals surface area contributed by atoms with Crippen molar-refractivity contribution >= 4 is 46.1 Å². The summed E-state index contributed by atoms with van der Waals surface area (Å²) in [6, 6.07) is 7.76. The minimum Gasteiger partial charge on any atom is -0.272 e. The van der Waals surface area contributed by atoms with Gasteiger partial charge in [0.05, 0.1) is 23.1 Å². The molecule has 4 aromatic rings. The molecular weight excluding hydrogens is 391 g/mol. The predicted octanol–water partition coefficient (Wildman–Crippen LogP) is 4.76. The summed E-state index contributed by atoms with van der Waals surface area (Å²) in [4.78, 5) is 17.9. The van der Waals surface area contributed by atoms with E-state index in [9.17, 15) is 0 Å². The first-order valence-electron chi connectivity index (χ1n) is 7.79. The molecule has 0 aliphatic heterocycles. The van der Waals surface area contributed by atoms with E-state index in [1.807, 2.05) is 42.1 Å². The van der Waals surface area contributed by atoms with E-state index in [1.54, 1.807) is 6.20 Å². The van der Waals surface area contributed by atoms with E-state index < -0.39 is 0 Å². The fourth-order valence-electron chi connectivity index (χ4n) is 2.40. The highest BCUT2D eigenvalue weighted by Gasteiger charge is 2.13. The highest BCUT2D eigenvalue weighted by atomic mass is 35.5. The van der Waals surface area contributed by atoms with Crippen LogP contribution in [0.4, 0.5) is 0 Å². The number of rotatable bonds is 4. The third-order valence-corrected chi connectivity index (χ3v) is 5.29. The van der Waals surface area contributed by atoms with Crippen molar-refractivity contribution in [2.75, 3.05) is 0 Å². The molecule has 0 aliphatic carbocycles. The number of halogens is 2. The molecule has 0 radical (unpaired) electrons. The lowest BCUT2D eigenvalue weighted by molar-refractivity contribution is 0.662. The van der Waals surface area contributed by atoms with Gasteiger partial charge in [-0.2, -0.15) is 5.10 Å². The van der Waals surface area contributed by atoms with Crippen molar-refractivity contribution < 1.29 is 0 Å². The van der Waals surface area contributed by atoms with Gasteiger partial charge >= 0.3 is 0 Å². The molecule has 0 N–H and O–H groups in total. The Bertz CT molecular complexity index is 1100. The lowest BCUT2D eigenvalue weighted by Crippen LogP contribution is -1.94. The Morgan fingerprint density at radius 1 is 1.08 bits per heavy atom. The number of fused-ring (bicyclic) bond motifs is 1. The van der Waals surface area contributed by atoms with E-state index in [0.29, 0.717) is 26.5 Å². The van der Waals surface area contributed by atoms with Gasteiger partial charge in [-0.05, 0) is 30.8 Å². The molecule has 0 unspecified atom stereocenters. The van der Waals surface area contributed by atoms with Crippen molar-refractivity contribution in [3.05, 3.63) is 53.0 Å². The molecule has 0 atom stereocenters. The third kappa shape index (κ3) is 3.38. The molecule has 0 saturated carbocycles. The smallest absolute Gasteiger partial charge is 0.194 e. The molecule has 26 heavy (non-hydrogen) atoms. The molecule has 0 aliphatic rings. The quantitative estimate of drug-likeness (QED) is 0.458. The first-order chi connectivity index (χ1) is 12.6. The van der Waals surface area contributed by atoms with E-state index in [0.717, 1.165) is 22.7 Å². The Kier molecular flexibility index (Phi) is 4.76. The van der Waals surface area contributed by atoms with Gasteiger partial charge in [-0.15, -0.1) is 0 Å². The van der Waals surface area contributed by atoms with Gasteiger partial charge in [-0.3, -0.25) is 4.68 Å². The summed E-state index contributed by atoms with van der Waals surface area (Å²) < 4.78 is 1.86. The number of aromatic nitrogens is 6. The van der Waals surface area contributed by atoms with Crippen LogP contribution in [0.1, 0.15) is 6.92 Å². The van der Waals surface area contributed by atoms with Crippen molar-refractivity contribution in [3.8, 4) is 11.3 Å². The molecule has 4 rings (SSSR count). The van der Waals surface area contributed by atoms with Crippen LogP contribution in [0.5, 0.6) is 0 Å². The molecule has 3 heterocycles. The Morgan fingerprint density at radius 2 is 1.96 bits per heavy atom. The van der Waals surface area contributed by atoms with Crippen molar-refractivity contribution in [3.63, 3.8) is 0 Å². The van der Waals surface area contributed by atoms with Crippen LogP contribution in [-0.2, 0) is 6.54 Å². The third-order valence-electron chi connectivity index (χ3n) is 3.65. The van der Waals surface area contributed by atoms with Crippen molar-refractivity contribution in [1.82, 2.24) is 29.7 Å². The molecule has 0 spiro atoms. The molecule has 1 aromatic carbocycles. The summed E-state index contributed by atoms with van der Waals surface area (Å²) in [5.41, 5.74) is 2.74. The average molecular weight is 403 g/mol. The number of hydrogen-bond acceptors (Lipinski definition) is 6. The zero-order valence-electron chi connectivity index (χ0n) is 13.6. The largest absolute Gasteiger partial charge is 0.272 e. The van der Waals surface area contributed by atoms with Crippen LogP contribution < -0.4 is 0 Å². The lowest BCUT2D eigenvalue weighted by atomic mass is 10.1. The van der Waals surface area contributed by atoms with E-state index in [-0.39, 0.29) is 0 Å². The maximum Gasteiger partial charge on any atom is 0.194 e. The van der Waals surface area contributed by atoms with Crippen LogP contribution in [0.15, 0.2) is 52.9 Å². The van der Waals surface area contributed by atoms with Gasteiger partial charge < -0.3 is 0 Å². The zero-order valence-corrected chi connectivity index (χ0v) is 15.9. The van der Waals surface area contributed by atoms with Gasteiger partial charge in [0.1, 0.15) is 10.7 Å². The van der Waals surface area contributed by atoms with Crippen LogP contribution in [0.25, 0.3) is 22.4 Å². The van der Waals surface area contributed by atoms with E-state index >= 15 is 0 Å². The van der Waals surface area contributed by atoms with Gasteiger partial charge in [0.2, 0.25) is 0 Å². The maximum absolute atomic E-state index is 6.61. The number of aryl methyl sites for hydroxylation is 1. The van der Waals surface area contributed by atoms with Crippen LogP contribution >= 0.6 is 35.0 Å². The van der Waals surface area contributed by atoms with Gasteiger partial charge in [-0.25, -0.2) is 19.9 Å². The molecule has 0 bridgehead atoms. The summed E-state index contributed by atoms with van der Waals surface area (Å²) in [6.07, 6.45) is 4.99. The summed E-state index contributed by atoms with van der Waals surface area (Å²) in [7, 11) is 0. The Balaban J connectivity index is 1.68. The predicted molar refractivity (Wildman–Crippen MR) is 103 cm³/mol. The van der Waals surface area contributed by atoms with Gasteiger partial charge in [-0.1, -0.05) is 35.3 Å². The fourth-order valence-corrected chi connectivity index (χ4v) is 3.66. The van der Waals surface area contributed by atoms with Crippen molar-refractivity contribution in [1.29, 1.82) is 0 Å². The second-order valence-corrected chi connectivity index (χ2v) is 7.10. The van der Waals surface area contributed by atoms with Crippen molar-refractivity contribution in [2.24, 2.45) is 0 Å².